The van der Waals surface area contributed by atoms with Crippen LogP contribution < -0.4 is 10.5 Å². The van der Waals surface area contributed by atoms with Gasteiger partial charge >= 0.3 is 0 Å². The van der Waals surface area contributed by atoms with Gasteiger partial charge in [-0.1, -0.05) is 12.1 Å². The van der Waals surface area contributed by atoms with Crippen molar-refractivity contribution >= 4 is 0 Å². The molecule has 1 aromatic heterocycles. The number of rotatable bonds is 3. The van der Waals surface area contributed by atoms with E-state index >= 15 is 0 Å². The Kier molecular flexibility index (Phi) is 3.53. The van der Waals surface area contributed by atoms with E-state index < -0.39 is 17.7 Å². The third-order valence-corrected chi connectivity index (χ3v) is 2.63. The number of ether oxygens (including phenoxy) is 1. The summed E-state index contributed by atoms with van der Waals surface area (Å²) in [7, 11) is 1.36. The standard InChI is InChI=1S/C13H12F2N2O/c1-18-10-6-2-4-8(11(10)15)12(16)13-9(14)5-3-7-17-13/h2-7,12H,16H2,1H3. The number of nitrogens with two attached hydrogens (primary N) is 1. The van der Waals surface area contributed by atoms with Crippen LogP contribution in [0.5, 0.6) is 5.75 Å². The Labute approximate surface area is 103 Å². The molecule has 1 aromatic carbocycles. The smallest absolute Gasteiger partial charge is 0.170 e. The Balaban J connectivity index is 2.47. The SMILES string of the molecule is COc1cccc(C(N)c2ncccc2F)c1F. The molecule has 1 heterocycles. The van der Waals surface area contributed by atoms with E-state index in [1.54, 1.807) is 6.07 Å². The molecule has 3 nitrogen and oxygen atoms in total. The van der Waals surface area contributed by atoms with Gasteiger partial charge in [-0.2, -0.15) is 0 Å². The number of nitrogens with zero attached hydrogens (tertiary/aromatic N) is 1. The summed E-state index contributed by atoms with van der Waals surface area (Å²) in [4.78, 5) is 3.84. The maximum atomic E-state index is 14.0. The number of halogens is 2. The Morgan fingerprint density at radius 1 is 1.22 bits per heavy atom. The number of hydrogen-bond donors (Lipinski definition) is 1. The number of hydrogen-bond acceptors (Lipinski definition) is 3. The zero-order valence-electron chi connectivity index (χ0n) is 9.73. The lowest BCUT2D eigenvalue weighted by Gasteiger charge is -2.14. The van der Waals surface area contributed by atoms with E-state index in [1.165, 1.54) is 37.6 Å². The predicted molar refractivity (Wildman–Crippen MR) is 63.2 cm³/mol. The molecular formula is C13H12F2N2O. The second-order valence-electron chi connectivity index (χ2n) is 3.71. The summed E-state index contributed by atoms with van der Waals surface area (Å²) >= 11 is 0. The molecule has 0 aliphatic heterocycles. The van der Waals surface area contributed by atoms with Crippen LogP contribution in [0.3, 0.4) is 0 Å². The lowest BCUT2D eigenvalue weighted by Crippen LogP contribution is -2.17. The first-order valence-corrected chi connectivity index (χ1v) is 5.33. The van der Waals surface area contributed by atoms with Crippen LogP contribution in [-0.4, -0.2) is 12.1 Å². The van der Waals surface area contributed by atoms with Crippen LogP contribution in [0.15, 0.2) is 36.5 Å². The van der Waals surface area contributed by atoms with Gasteiger partial charge in [0.05, 0.1) is 18.8 Å². The van der Waals surface area contributed by atoms with Crippen LogP contribution >= 0.6 is 0 Å². The van der Waals surface area contributed by atoms with Crippen LogP contribution in [0.4, 0.5) is 8.78 Å². The van der Waals surface area contributed by atoms with Crippen LogP contribution in [0, 0.1) is 11.6 Å². The zero-order valence-corrected chi connectivity index (χ0v) is 9.73. The van der Waals surface area contributed by atoms with Gasteiger partial charge in [0.2, 0.25) is 0 Å². The van der Waals surface area contributed by atoms with Gasteiger partial charge in [0.1, 0.15) is 5.82 Å². The maximum Gasteiger partial charge on any atom is 0.170 e. The summed E-state index contributed by atoms with van der Waals surface area (Å²) in [6.45, 7) is 0. The van der Waals surface area contributed by atoms with E-state index in [2.05, 4.69) is 4.98 Å². The fourth-order valence-electron chi connectivity index (χ4n) is 1.70. The molecule has 0 spiro atoms. The van der Waals surface area contributed by atoms with Crippen molar-refractivity contribution in [2.24, 2.45) is 5.73 Å². The molecule has 0 bridgehead atoms. The molecule has 1 atom stereocenters. The van der Waals surface area contributed by atoms with Crippen molar-refractivity contribution in [3.05, 3.63) is 59.4 Å². The molecule has 18 heavy (non-hydrogen) atoms. The summed E-state index contributed by atoms with van der Waals surface area (Å²) in [6, 6.07) is 6.27. The topological polar surface area (TPSA) is 48.1 Å². The van der Waals surface area contributed by atoms with Gasteiger partial charge in [-0.3, -0.25) is 4.98 Å². The molecule has 5 heteroatoms. The Morgan fingerprint density at radius 3 is 2.67 bits per heavy atom. The Hall–Kier alpha value is -2.01. The molecule has 1 unspecified atom stereocenters. The number of methoxy groups -OCH3 is 1. The van der Waals surface area contributed by atoms with Gasteiger partial charge < -0.3 is 10.5 Å². The first-order chi connectivity index (χ1) is 8.65. The highest BCUT2D eigenvalue weighted by molar-refractivity contribution is 5.36. The minimum absolute atomic E-state index is 0.00431. The minimum Gasteiger partial charge on any atom is -0.494 e. The molecule has 0 aliphatic carbocycles. The summed E-state index contributed by atoms with van der Waals surface area (Å²) < 4.78 is 32.4. The first-order valence-electron chi connectivity index (χ1n) is 5.33. The van der Waals surface area contributed by atoms with E-state index in [4.69, 9.17) is 10.5 Å². The predicted octanol–water partition coefficient (Wildman–Crippen LogP) is 2.42. The average Bonchev–Trinajstić information content (AvgIpc) is 2.39. The molecule has 0 radical (unpaired) electrons. The summed E-state index contributed by atoms with van der Waals surface area (Å²) in [5, 5.41) is 0. The Morgan fingerprint density at radius 2 is 2.00 bits per heavy atom. The van der Waals surface area contributed by atoms with Gasteiger partial charge in [-0.15, -0.1) is 0 Å². The van der Waals surface area contributed by atoms with Gasteiger partial charge in [-0.25, -0.2) is 8.78 Å². The molecule has 0 amide bonds. The second-order valence-corrected chi connectivity index (χ2v) is 3.71. The zero-order chi connectivity index (χ0) is 13.1. The van der Waals surface area contributed by atoms with Gasteiger partial charge in [0, 0.05) is 11.8 Å². The van der Waals surface area contributed by atoms with Crippen molar-refractivity contribution in [2.45, 2.75) is 6.04 Å². The van der Waals surface area contributed by atoms with E-state index in [0.29, 0.717) is 0 Å². The minimum atomic E-state index is -0.971. The van der Waals surface area contributed by atoms with Crippen molar-refractivity contribution in [2.75, 3.05) is 7.11 Å². The third kappa shape index (κ3) is 2.17. The largest absolute Gasteiger partial charge is 0.494 e. The molecule has 0 fully saturated rings. The fraction of sp³-hybridized carbons (Fsp3) is 0.154. The molecule has 2 rings (SSSR count). The average molecular weight is 250 g/mol. The lowest BCUT2D eigenvalue weighted by atomic mass is 10.0. The van der Waals surface area contributed by atoms with Crippen molar-refractivity contribution in [3.63, 3.8) is 0 Å². The molecule has 2 N–H and O–H groups in total. The van der Waals surface area contributed by atoms with Crippen molar-refractivity contribution in [3.8, 4) is 5.75 Å². The summed E-state index contributed by atoms with van der Waals surface area (Å²) in [6.07, 6.45) is 1.41. The van der Waals surface area contributed by atoms with Crippen molar-refractivity contribution in [1.82, 2.24) is 4.98 Å². The van der Waals surface area contributed by atoms with Crippen LogP contribution in [-0.2, 0) is 0 Å². The maximum absolute atomic E-state index is 14.0. The highest BCUT2D eigenvalue weighted by atomic mass is 19.1. The van der Waals surface area contributed by atoms with E-state index in [1.807, 2.05) is 0 Å². The van der Waals surface area contributed by atoms with Crippen molar-refractivity contribution < 1.29 is 13.5 Å². The highest BCUT2D eigenvalue weighted by Gasteiger charge is 2.20. The second kappa shape index (κ2) is 5.10. The van der Waals surface area contributed by atoms with Crippen LogP contribution in [0.2, 0.25) is 0 Å². The first kappa shape index (κ1) is 12.4. The number of pyridine rings is 1. The molecule has 0 saturated heterocycles. The van der Waals surface area contributed by atoms with Gasteiger partial charge in [-0.05, 0) is 18.2 Å². The normalized spacial score (nSPS) is 12.2. The van der Waals surface area contributed by atoms with Crippen LogP contribution in [0.25, 0.3) is 0 Å². The van der Waals surface area contributed by atoms with E-state index in [-0.39, 0.29) is 17.0 Å². The van der Waals surface area contributed by atoms with Crippen molar-refractivity contribution in [1.29, 1.82) is 0 Å². The van der Waals surface area contributed by atoms with E-state index in [9.17, 15) is 8.78 Å². The lowest BCUT2D eigenvalue weighted by molar-refractivity contribution is 0.383. The van der Waals surface area contributed by atoms with Gasteiger partial charge in [0.15, 0.2) is 11.6 Å². The van der Waals surface area contributed by atoms with E-state index in [0.717, 1.165) is 0 Å². The van der Waals surface area contributed by atoms with Crippen LogP contribution in [0.1, 0.15) is 17.3 Å². The summed E-state index contributed by atoms with van der Waals surface area (Å²) in [5.41, 5.74) is 5.99. The molecule has 2 aromatic rings. The molecule has 0 saturated carbocycles. The Bertz CT molecular complexity index is 560. The molecule has 94 valence electrons. The monoisotopic (exact) mass is 250 g/mol. The number of aromatic nitrogens is 1. The quantitative estimate of drug-likeness (QED) is 0.910. The molecular weight excluding hydrogens is 238 g/mol. The van der Waals surface area contributed by atoms with Gasteiger partial charge in [0.25, 0.3) is 0 Å². The highest BCUT2D eigenvalue weighted by Crippen LogP contribution is 2.27. The summed E-state index contributed by atoms with van der Waals surface area (Å²) in [5.74, 6) is -1.09. The molecule has 0 aliphatic rings. The third-order valence-electron chi connectivity index (χ3n) is 2.63. The number of benzene rings is 1. The fourth-order valence-corrected chi connectivity index (χ4v) is 1.70.